The molecule has 0 fully saturated rings. The Labute approximate surface area is 145 Å². The zero-order valence-corrected chi connectivity index (χ0v) is 13.7. The Hall–Kier alpha value is -2.89. The lowest BCUT2D eigenvalue weighted by Gasteiger charge is -2.24. The second-order valence-corrected chi connectivity index (χ2v) is 5.97. The predicted octanol–water partition coefficient (Wildman–Crippen LogP) is 2.16. The van der Waals surface area contributed by atoms with Crippen molar-refractivity contribution in [1.29, 1.82) is 0 Å². The molecule has 4 rings (SSSR count). The largest absolute Gasteiger partial charge is 0.492 e. The van der Waals surface area contributed by atoms with Crippen molar-refractivity contribution in [2.75, 3.05) is 26.6 Å². The van der Waals surface area contributed by atoms with Gasteiger partial charge in [-0.25, -0.2) is 0 Å². The summed E-state index contributed by atoms with van der Waals surface area (Å²) in [6.45, 7) is 1.47. The third kappa shape index (κ3) is 3.47. The molecule has 130 valence electrons. The minimum atomic E-state index is -0.166. The van der Waals surface area contributed by atoms with E-state index in [1.807, 2.05) is 36.4 Å². The van der Waals surface area contributed by atoms with E-state index in [2.05, 4.69) is 5.32 Å². The van der Waals surface area contributed by atoms with Gasteiger partial charge in [0.25, 0.3) is 0 Å². The van der Waals surface area contributed by atoms with Crippen molar-refractivity contribution in [3.63, 3.8) is 0 Å². The minimum Gasteiger partial charge on any atom is -0.492 e. The Kier molecular flexibility index (Phi) is 4.33. The van der Waals surface area contributed by atoms with E-state index in [-0.39, 0.29) is 18.6 Å². The Morgan fingerprint density at radius 1 is 1.08 bits per heavy atom. The SMILES string of the molecule is O=C(NCCOc1ccc2c(c1)OCO2)[C@H]1COc2ccccc2C1. The average Bonchev–Trinajstić information content (AvgIpc) is 3.12. The summed E-state index contributed by atoms with van der Waals surface area (Å²) in [5.41, 5.74) is 1.07. The van der Waals surface area contributed by atoms with Crippen LogP contribution in [-0.4, -0.2) is 32.5 Å². The molecule has 2 aromatic rings. The van der Waals surface area contributed by atoms with Crippen molar-refractivity contribution >= 4 is 5.91 Å². The standard InChI is InChI=1S/C19H19NO5/c21-19(14-9-13-3-1-2-4-16(13)23-11-14)20-7-8-22-15-5-6-17-18(10-15)25-12-24-17/h1-6,10,14H,7-9,11-12H2,(H,20,21)/t14-/m1/s1. The highest BCUT2D eigenvalue weighted by molar-refractivity contribution is 5.79. The van der Waals surface area contributed by atoms with Gasteiger partial charge in [0.2, 0.25) is 12.7 Å². The maximum atomic E-state index is 12.3. The number of hydrogen-bond donors (Lipinski definition) is 1. The molecule has 0 radical (unpaired) electrons. The molecule has 0 aromatic heterocycles. The maximum absolute atomic E-state index is 12.3. The lowest BCUT2D eigenvalue weighted by molar-refractivity contribution is -0.126. The molecule has 0 saturated heterocycles. The number of ether oxygens (including phenoxy) is 4. The number of carbonyl (C=O) groups excluding carboxylic acids is 1. The molecule has 2 aliphatic heterocycles. The van der Waals surface area contributed by atoms with Gasteiger partial charge in [-0.2, -0.15) is 0 Å². The van der Waals surface area contributed by atoms with E-state index in [4.69, 9.17) is 18.9 Å². The second-order valence-electron chi connectivity index (χ2n) is 5.97. The van der Waals surface area contributed by atoms with E-state index in [0.717, 1.165) is 17.1 Å². The summed E-state index contributed by atoms with van der Waals surface area (Å²) >= 11 is 0. The summed E-state index contributed by atoms with van der Waals surface area (Å²) in [6.07, 6.45) is 0.699. The van der Waals surface area contributed by atoms with E-state index < -0.39 is 0 Å². The highest BCUT2D eigenvalue weighted by Gasteiger charge is 2.25. The predicted molar refractivity (Wildman–Crippen MR) is 90.2 cm³/mol. The first-order chi connectivity index (χ1) is 12.3. The Bertz CT molecular complexity index is 776. The summed E-state index contributed by atoms with van der Waals surface area (Å²) in [5.74, 6) is 2.79. The molecule has 0 spiro atoms. The number of fused-ring (bicyclic) bond motifs is 2. The molecule has 1 amide bonds. The molecule has 1 N–H and O–H groups in total. The van der Waals surface area contributed by atoms with Gasteiger partial charge in [0.15, 0.2) is 11.5 Å². The van der Waals surface area contributed by atoms with E-state index in [0.29, 0.717) is 37.7 Å². The molecule has 25 heavy (non-hydrogen) atoms. The van der Waals surface area contributed by atoms with Crippen LogP contribution in [0.25, 0.3) is 0 Å². The number of nitrogens with one attached hydrogen (secondary N) is 1. The average molecular weight is 341 g/mol. The molecule has 2 heterocycles. The zero-order valence-electron chi connectivity index (χ0n) is 13.7. The van der Waals surface area contributed by atoms with Gasteiger partial charge in [-0.3, -0.25) is 4.79 Å². The van der Waals surface area contributed by atoms with Crippen LogP contribution in [0.5, 0.6) is 23.0 Å². The summed E-state index contributed by atoms with van der Waals surface area (Å²) in [5, 5.41) is 2.91. The molecule has 0 aliphatic carbocycles. The van der Waals surface area contributed by atoms with Crippen LogP contribution in [-0.2, 0) is 11.2 Å². The summed E-state index contributed by atoms with van der Waals surface area (Å²) in [7, 11) is 0. The molecular formula is C19H19NO5. The highest BCUT2D eigenvalue weighted by atomic mass is 16.7. The molecule has 2 aromatic carbocycles. The fourth-order valence-electron chi connectivity index (χ4n) is 2.95. The van der Waals surface area contributed by atoms with Crippen LogP contribution in [0.1, 0.15) is 5.56 Å². The summed E-state index contributed by atoms with van der Waals surface area (Å²) < 4.78 is 21.9. The molecule has 6 heteroatoms. The van der Waals surface area contributed by atoms with E-state index >= 15 is 0 Å². The molecule has 0 bridgehead atoms. The van der Waals surface area contributed by atoms with Crippen LogP contribution < -0.4 is 24.3 Å². The fourth-order valence-corrected chi connectivity index (χ4v) is 2.95. The van der Waals surface area contributed by atoms with Gasteiger partial charge in [-0.1, -0.05) is 18.2 Å². The van der Waals surface area contributed by atoms with Gasteiger partial charge in [0.1, 0.15) is 24.7 Å². The fraction of sp³-hybridized carbons (Fsp3) is 0.316. The third-order valence-corrected chi connectivity index (χ3v) is 4.26. The van der Waals surface area contributed by atoms with Gasteiger partial charge in [-0.05, 0) is 30.2 Å². The van der Waals surface area contributed by atoms with Gasteiger partial charge < -0.3 is 24.3 Å². The van der Waals surface area contributed by atoms with Crippen molar-refractivity contribution in [3.05, 3.63) is 48.0 Å². The zero-order chi connectivity index (χ0) is 17.1. The van der Waals surface area contributed by atoms with Crippen LogP contribution in [0.3, 0.4) is 0 Å². The summed E-state index contributed by atoms with van der Waals surface area (Å²) in [6, 6.07) is 13.2. The third-order valence-electron chi connectivity index (χ3n) is 4.26. The molecule has 0 unspecified atom stereocenters. The van der Waals surface area contributed by atoms with E-state index in [1.54, 1.807) is 6.07 Å². The number of carbonyl (C=O) groups is 1. The summed E-state index contributed by atoms with van der Waals surface area (Å²) in [4.78, 5) is 12.3. The first-order valence-corrected chi connectivity index (χ1v) is 8.30. The molecule has 1 atom stereocenters. The number of rotatable bonds is 5. The van der Waals surface area contributed by atoms with Crippen molar-refractivity contribution in [2.45, 2.75) is 6.42 Å². The molecular weight excluding hydrogens is 322 g/mol. The van der Waals surface area contributed by atoms with Crippen LogP contribution in [0.2, 0.25) is 0 Å². The highest BCUT2D eigenvalue weighted by Crippen LogP contribution is 2.35. The number of amides is 1. The van der Waals surface area contributed by atoms with Crippen molar-refractivity contribution < 1.29 is 23.7 Å². The van der Waals surface area contributed by atoms with Crippen molar-refractivity contribution in [3.8, 4) is 23.0 Å². The Balaban J connectivity index is 1.23. The van der Waals surface area contributed by atoms with Gasteiger partial charge in [0.05, 0.1) is 12.5 Å². The van der Waals surface area contributed by atoms with Crippen LogP contribution in [0.15, 0.2) is 42.5 Å². The molecule has 6 nitrogen and oxygen atoms in total. The van der Waals surface area contributed by atoms with E-state index in [9.17, 15) is 4.79 Å². The van der Waals surface area contributed by atoms with Gasteiger partial charge in [-0.15, -0.1) is 0 Å². The van der Waals surface area contributed by atoms with Crippen molar-refractivity contribution in [1.82, 2.24) is 5.32 Å². The smallest absolute Gasteiger partial charge is 0.231 e. The van der Waals surface area contributed by atoms with Crippen molar-refractivity contribution in [2.24, 2.45) is 5.92 Å². The van der Waals surface area contributed by atoms with Gasteiger partial charge >= 0.3 is 0 Å². The second kappa shape index (κ2) is 6.93. The van der Waals surface area contributed by atoms with E-state index in [1.165, 1.54) is 0 Å². The lowest BCUT2D eigenvalue weighted by atomic mass is 9.96. The van der Waals surface area contributed by atoms with Crippen LogP contribution in [0, 0.1) is 5.92 Å². The number of benzene rings is 2. The Morgan fingerprint density at radius 3 is 2.92 bits per heavy atom. The Morgan fingerprint density at radius 2 is 1.96 bits per heavy atom. The van der Waals surface area contributed by atoms with Crippen LogP contribution in [0.4, 0.5) is 0 Å². The number of para-hydroxylation sites is 1. The minimum absolute atomic E-state index is 0.0104. The first kappa shape index (κ1) is 15.6. The molecule has 2 aliphatic rings. The molecule has 0 saturated carbocycles. The number of hydrogen-bond acceptors (Lipinski definition) is 5. The topological polar surface area (TPSA) is 66.0 Å². The first-order valence-electron chi connectivity index (χ1n) is 8.30. The normalized spacial score (nSPS) is 17.4. The lowest BCUT2D eigenvalue weighted by Crippen LogP contribution is -2.39. The maximum Gasteiger partial charge on any atom is 0.231 e. The van der Waals surface area contributed by atoms with Gasteiger partial charge in [0, 0.05) is 6.07 Å². The monoisotopic (exact) mass is 341 g/mol. The van der Waals surface area contributed by atoms with Crippen LogP contribution >= 0.6 is 0 Å². The quantitative estimate of drug-likeness (QED) is 0.844.